The molecule has 0 aliphatic carbocycles. The van der Waals surface area contributed by atoms with Crippen LogP contribution in [0.25, 0.3) is 0 Å². The quantitative estimate of drug-likeness (QED) is 0.758. The molecule has 24 heavy (non-hydrogen) atoms. The Morgan fingerprint density at radius 2 is 1.71 bits per heavy atom. The monoisotopic (exact) mass is 327 g/mol. The normalized spacial score (nSPS) is 11.4. The number of carbonyl (C=O) groups is 2. The van der Waals surface area contributed by atoms with Crippen LogP contribution in [0, 0.1) is 0 Å². The van der Waals surface area contributed by atoms with Gasteiger partial charge in [-0.1, -0.05) is 42.5 Å². The van der Waals surface area contributed by atoms with E-state index in [9.17, 15) is 9.59 Å². The lowest BCUT2D eigenvalue weighted by Gasteiger charge is -2.18. The van der Waals surface area contributed by atoms with E-state index in [0.717, 1.165) is 16.9 Å². The van der Waals surface area contributed by atoms with Gasteiger partial charge in [0.1, 0.15) is 11.8 Å². The van der Waals surface area contributed by atoms with E-state index in [2.05, 4.69) is 16.0 Å². The molecule has 3 amide bonds. The lowest BCUT2D eigenvalue weighted by atomic mass is 10.1. The first-order chi connectivity index (χ1) is 11.6. The molecule has 6 heteroatoms. The van der Waals surface area contributed by atoms with Crippen molar-refractivity contribution in [3.8, 4) is 5.75 Å². The Bertz CT molecular complexity index is 672. The highest BCUT2D eigenvalue weighted by Crippen LogP contribution is 2.15. The summed E-state index contributed by atoms with van der Waals surface area (Å²) in [6.45, 7) is 0.477. The van der Waals surface area contributed by atoms with Crippen LogP contribution in [0.3, 0.4) is 0 Å². The molecule has 0 heterocycles. The summed E-state index contributed by atoms with van der Waals surface area (Å²) < 4.78 is 5.13. The van der Waals surface area contributed by atoms with E-state index in [0.29, 0.717) is 6.54 Å². The van der Waals surface area contributed by atoms with Gasteiger partial charge in [-0.05, 0) is 23.3 Å². The largest absolute Gasteiger partial charge is 0.497 e. The fourth-order valence-electron chi connectivity index (χ4n) is 2.22. The summed E-state index contributed by atoms with van der Waals surface area (Å²) in [5.41, 5.74) is 1.79. The van der Waals surface area contributed by atoms with E-state index >= 15 is 0 Å². The third kappa shape index (κ3) is 4.82. The van der Waals surface area contributed by atoms with Crippen LogP contribution in [0.4, 0.5) is 4.79 Å². The summed E-state index contributed by atoms with van der Waals surface area (Å²) in [6.07, 6.45) is 0. The number of imide groups is 1. The van der Waals surface area contributed by atoms with Crippen molar-refractivity contribution in [3.63, 3.8) is 0 Å². The predicted molar refractivity (Wildman–Crippen MR) is 91.6 cm³/mol. The number of methoxy groups -OCH3 is 1. The van der Waals surface area contributed by atoms with Crippen molar-refractivity contribution in [1.29, 1.82) is 0 Å². The minimum atomic E-state index is -0.634. The van der Waals surface area contributed by atoms with Crippen LogP contribution >= 0.6 is 0 Å². The van der Waals surface area contributed by atoms with Crippen molar-refractivity contribution in [3.05, 3.63) is 65.7 Å². The number of benzene rings is 2. The van der Waals surface area contributed by atoms with Crippen LogP contribution in [-0.2, 0) is 11.3 Å². The Morgan fingerprint density at radius 3 is 2.29 bits per heavy atom. The molecule has 0 radical (unpaired) electrons. The Hall–Kier alpha value is -2.86. The number of amides is 3. The number of hydrogen-bond donors (Lipinski definition) is 3. The summed E-state index contributed by atoms with van der Waals surface area (Å²) in [5.74, 6) is 0.366. The van der Waals surface area contributed by atoms with Crippen LogP contribution < -0.4 is 20.7 Å². The van der Waals surface area contributed by atoms with Crippen LogP contribution in [0.1, 0.15) is 17.2 Å². The molecule has 6 nitrogen and oxygen atoms in total. The van der Waals surface area contributed by atoms with Crippen molar-refractivity contribution >= 4 is 11.9 Å². The van der Waals surface area contributed by atoms with Gasteiger partial charge in [0.05, 0.1) is 7.11 Å². The Kier molecular flexibility index (Phi) is 6.33. The van der Waals surface area contributed by atoms with Gasteiger partial charge in [-0.25, -0.2) is 4.79 Å². The molecule has 2 aromatic carbocycles. The first-order valence-corrected chi connectivity index (χ1v) is 7.58. The Labute approximate surface area is 141 Å². The molecule has 0 saturated carbocycles. The van der Waals surface area contributed by atoms with Gasteiger partial charge in [0.2, 0.25) is 5.91 Å². The highest BCUT2D eigenvalue weighted by atomic mass is 16.5. The van der Waals surface area contributed by atoms with Gasteiger partial charge in [0.15, 0.2) is 0 Å². The number of rotatable bonds is 6. The molecule has 0 bridgehead atoms. The number of hydrogen-bond acceptors (Lipinski definition) is 4. The molecule has 0 spiro atoms. The fourth-order valence-corrected chi connectivity index (χ4v) is 2.22. The van der Waals surface area contributed by atoms with Crippen molar-refractivity contribution in [2.24, 2.45) is 0 Å². The first-order valence-electron chi connectivity index (χ1n) is 7.58. The standard InChI is InChI=1S/C18H21N3O3/c1-19-18(23)21-17(22)16(14-6-4-3-5-7-14)20-12-13-8-10-15(24-2)11-9-13/h3-11,16,20H,12H2,1-2H3,(H2,19,21,22,23)/t16-/m1/s1. The SMILES string of the molecule is CNC(=O)NC(=O)[C@H](NCc1ccc(OC)cc1)c1ccccc1. The molecule has 0 aliphatic rings. The third-order valence-electron chi connectivity index (χ3n) is 3.53. The average Bonchev–Trinajstić information content (AvgIpc) is 2.63. The fraction of sp³-hybridized carbons (Fsp3) is 0.222. The molecule has 0 aliphatic heterocycles. The summed E-state index contributed by atoms with van der Waals surface area (Å²) in [5, 5.41) is 7.87. The Morgan fingerprint density at radius 1 is 1.04 bits per heavy atom. The predicted octanol–water partition coefficient (Wildman–Crippen LogP) is 1.98. The number of nitrogens with one attached hydrogen (secondary N) is 3. The maximum atomic E-state index is 12.4. The van der Waals surface area contributed by atoms with Crippen molar-refractivity contribution in [2.75, 3.05) is 14.2 Å². The third-order valence-corrected chi connectivity index (χ3v) is 3.53. The molecule has 126 valence electrons. The Balaban J connectivity index is 2.10. The summed E-state index contributed by atoms with van der Waals surface area (Å²) in [4.78, 5) is 23.8. The molecule has 0 fully saturated rings. The van der Waals surface area contributed by atoms with Crippen LogP contribution in [-0.4, -0.2) is 26.1 Å². The summed E-state index contributed by atoms with van der Waals surface area (Å²) in [7, 11) is 3.08. The topological polar surface area (TPSA) is 79.5 Å². The molecule has 1 atom stereocenters. The molecule has 0 saturated heterocycles. The maximum absolute atomic E-state index is 12.4. The second-order valence-corrected chi connectivity index (χ2v) is 5.14. The van der Waals surface area contributed by atoms with E-state index in [1.165, 1.54) is 7.05 Å². The molecular weight excluding hydrogens is 306 g/mol. The summed E-state index contributed by atoms with van der Waals surface area (Å²) in [6, 6.07) is 15.7. The van der Waals surface area contributed by atoms with E-state index < -0.39 is 18.0 Å². The van der Waals surface area contributed by atoms with Gasteiger partial charge in [-0.15, -0.1) is 0 Å². The van der Waals surface area contributed by atoms with Crippen LogP contribution in [0.2, 0.25) is 0 Å². The van der Waals surface area contributed by atoms with Gasteiger partial charge in [0, 0.05) is 13.6 Å². The molecule has 3 N–H and O–H groups in total. The van der Waals surface area contributed by atoms with Crippen molar-refractivity contribution in [1.82, 2.24) is 16.0 Å². The van der Waals surface area contributed by atoms with Crippen LogP contribution in [0.15, 0.2) is 54.6 Å². The molecule has 2 aromatic rings. The lowest BCUT2D eigenvalue weighted by Crippen LogP contribution is -2.43. The zero-order valence-corrected chi connectivity index (χ0v) is 13.7. The molecule has 0 aromatic heterocycles. The van der Waals surface area contributed by atoms with Gasteiger partial charge in [-0.3, -0.25) is 15.4 Å². The first kappa shape index (κ1) is 17.5. The van der Waals surface area contributed by atoms with Crippen molar-refractivity contribution < 1.29 is 14.3 Å². The minimum absolute atomic E-state index is 0.408. The van der Waals surface area contributed by atoms with Crippen molar-refractivity contribution in [2.45, 2.75) is 12.6 Å². The average molecular weight is 327 g/mol. The number of ether oxygens (including phenoxy) is 1. The van der Waals surface area contributed by atoms with E-state index in [4.69, 9.17) is 4.74 Å². The van der Waals surface area contributed by atoms with Crippen LogP contribution in [0.5, 0.6) is 5.75 Å². The van der Waals surface area contributed by atoms with Gasteiger partial charge in [-0.2, -0.15) is 0 Å². The van der Waals surface area contributed by atoms with Gasteiger partial charge < -0.3 is 10.1 Å². The molecule has 0 unspecified atom stereocenters. The second kappa shape index (κ2) is 8.69. The summed E-state index contributed by atoms with van der Waals surface area (Å²) >= 11 is 0. The van der Waals surface area contributed by atoms with Gasteiger partial charge >= 0.3 is 6.03 Å². The number of urea groups is 1. The lowest BCUT2D eigenvalue weighted by molar-refractivity contribution is -0.122. The highest BCUT2D eigenvalue weighted by Gasteiger charge is 2.21. The zero-order chi connectivity index (χ0) is 17.4. The van der Waals surface area contributed by atoms with E-state index in [1.807, 2.05) is 54.6 Å². The maximum Gasteiger partial charge on any atom is 0.321 e. The zero-order valence-electron chi connectivity index (χ0n) is 13.7. The van der Waals surface area contributed by atoms with Gasteiger partial charge in [0.25, 0.3) is 0 Å². The highest BCUT2D eigenvalue weighted by molar-refractivity contribution is 5.97. The van der Waals surface area contributed by atoms with E-state index in [-0.39, 0.29) is 0 Å². The van der Waals surface area contributed by atoms with E-state index in [1.54, 1.807) is 7.11 Å². The molecule has 2 rings (SSSR count). The minimum Gasteiger partial charge on any atom is -0.497 e. The number of carbonyl (C=O) groups excluding carboxylic acids is 2. The smallest absolute Gasteiger partial charge is 0.321 e. The second-order valence-electron chi connectivity index (χ2n) is 5.14. The molecular formula is C18H21N3O3.